The molecule has 266 valence electrons. The normalized spacial score (nSPS) is 11.1. The van der Waals surface area contributed by atoms with Gasteiger partial charge in [0.2, 0.25) is 0 Å². The Morgan fingerprint density at radius 1 is 0.538 bits per heavy atom. The van der Waals surface area contributed by atoms with Gasteiger partial charge in [0.1, 0.15) is 23.0 Å². The van der Waals surface area contributed by atoms with Crippen molar-refractivity contribution in [3.05, 3.63) is 138 Å². The number of azo groups is 1. The molecule has 0 aliphatic heterocycles. The van der Waals surface area contributed by atoms with E-state index in [0.717, 1.165) is 44.2 Å². The number of aliphatic imine (C=N–C) groups is 1. The van der Waals surface area contributed by atoms with Crippen LogP contribution in [0.5, 0.6) is 23.0 Å². The summed E-state index contributed by atoms with van der Waals surface area (Å²) < 4.78 is 23.1. The monoisotopic (exact) mass is 697 g/mol. The maximum Gasteiger partial charge on any atom is 0.343 e. The van der Waals surface area contributed by atoms with E-state index < -0.39 is 11.9 Å². The van der Waals surface area contributed by atoms with Gasteiger partial charge in [0.25, 0.3) is 0 Å². The molecule has 0 spiro atoms. The highest BCUT2D eigenvalue weighted by Gasteiger charge is 2.15. The molecule has 0 unspecified atom stereocenters. The SMILES string of the molecule is CCCCCOc1ccc(C(=O)Oc2ccc(C=Nc3ccc(N=Nc4ccccc4)cc3)c(OC(=O)c3ccc(OCCCCC)cc3)c2)cc1. The molecule has 0 bridgehead atoms. The van der Waals surface area contributed by atoms with E-state index in [2.05, 4.69) is 29.1 Å². The van der Waals surface area contributed by atoms with Crippen LogP contribution in [0.15, 0.2) is 137 Å². The zero-order chi connectivity index (χ0) is 36.4. The van der Waals surface area contributed by atoms with Gasteiger partial charge in [0.05, 0.1) is 41.4 Å². The van der Waals surface area contributed by atoms with Gasteiger partial charge < -0.3 is 18.9 Å². The van der Waals surface area contributed by atoms with Gasteiger partial charge in [-0.3, -0.25) is 4.99 Å². The highest BCUT2D eigenvalue weighted by atomic mass is 16.5. The van der Waals surface area contributed by atoms with E-state index in [4.69, 9.17) is 18.9 Å². The van der Waals surface area contributed by atoms with Crippen molar-refractivity contribution in [1.82, 2.24) is 0 Å². The predicted molar refractivity (Wildman–Crippen MR) is 204 cm³/mol. The molecule has 0 aromatic heterocycles. The second kappa shape index (κ2) is 19.9. The Hall–Kier alpha value is -6.09. The molecule has 52 heavy (non-hydrogen) atoms. The third-order valence-corrected chi connectivity index (χ3v) is 7.85. The zero-order valence-electron chi connectivity index (χ0n) is 29.6. The standard InChI is InChI=1S/C43H43N3O6/c1-3-5-10-28-49-38-23-14-32(15-24-38)42(47)51-40-27-18-34(31-44-35-19-21-37(22-20-35)46-45-36-12-8-7-9-13-36)41(30-40)52-43(48)33-16-25-39(26-17-33)50-29-11-6-4-2/h7-9,12-27,30-31H,3-6,10-11,28-29H2,1-2H3. The lowest BCUT2D eigenvalue weighted by molar-refractivity contribution is 0.0732. The summed E-state index contributed by atoms with van der Waals surface area (Å²) in [6.07, 6.45) is 7.94. The Morgan fingerprint density at radius 2 is 1.04 bits per heavy atom. The summed E-state index contributed by atoms with van der Waals surface area (Å²) in [4.78, 5) is 30.9. The molecule has 0 atom stereocenters. The molecule has 0 N–H and O–H groups in total. The molecule has 9 heteroatoms. The average Bonchev–Trinajstić information content (AvgIpc) is 3.18. The second-order valence-corrected chi connectivity index (χ2v) is 11.9. The fourth-order valence-electron chi connectivity index (χ4n) is 4.92. The molecule has 9 nitrogen and oxygen atoms in total. The van der Waals surface area contributed by atoms with E-state index in [0.29, 0.717) is 52.8 Å². The number of hydrogen-bond acceptors (Lipinski definition) is 9. The van der Waals surface area contributed by atoms with Crippen LogP contribution in [0.3, 0.4) is 0 Å². The number of nitrogens with zero attached hydrogens (tertiary/aromatic N) is 3. The molecule has 0 saturated carbocycles. The number of ether oxygens (including phenoxy) is 4. The molecule has 0 aliphatic rings. The zero-order valence-corrected chi connectivity index (χ0v) is 29.6. The molecular formula is C43H43N3O6. The summed E-state index contributed by atoms with van der Waals surface area (Å²) >= 11 is 0. The topological polar surface area (TPSA) is 108 Å². The number of esters is 2. The van der Waals surface area contributed by atoms with Crippen LogP contribution in [0, 0.1) is 0 Å². The highest BCUT2D eigenvalue weighted by Crippen LogP contribution is 2.28. The minimum Gasteiger partial charge on any atom is -0.494 e. The number of carbonyl (C=O) groups excluding carboxylic acids is 2. The first kappa shape index (κ1) is 37.2. The molecule has 5 aromatic rings. The molecule has 0 heterocycles. The summed E-state index contributed by atoms with van der Waals surface area (Å²) in [5.74, 6) is 0.594. The molecule has 0 aliphatic carbocycles. The fraction of sp³-hybridized carbons (Fsp3) is 0.233. The van der Waals surface area contributed by atoms with Crippen LogP contribution in [-0.4, -0.2) is 31.4 Å². The first-order chi connectivity index (χ1) is 25.5. The smallest absolute Gasteiger partial charge is 0.343 e. The minimum atomic E-state index is -0.585. The lowest BCUT2D eigenvalue weighted by atomic mass is 10.2. The van der Waals surface area contributed by atoms with Crippen LogP contribution in [0.1, 0.15) is 78.7 Å². The van der Waals surface area contributed by atoms with Gasteiger partial charge in [-0.2, -0.15) is 10.2 Å². The van der Waals surface area contributed by atoms with Gasteiger partial charge in [-0.1, -0.05) is 57.7 Å². The van der Waals surface area contributed by atoms with Gasteiger partial charge in [-0.25, -0.2) is 9.59 Å². The van der Waals surface area contributed by atoms with Crippen LogP contribution >= 0.6 is 0 Å². The Morgan fingerprint density at radius 3 is 1.60 bits per heavy atom. The van der Waals surface area contributed by atoms with Crippen molar-refractivity contribution in [2.24, 2.45) is 15.2 Å². The molecule has 5 aromatic carbocycles. The first-order valence-electron chi connectivity index (χ1n) is 17.7. The number of carbonyl (C=O) groups is 2. The van der Waals surface area contributed by atoms with E-state index in [1.165, 1.54) is 6.07 Å². The second-order valence-electron chi connectivity index (χ2n) is 11.9. The van der Waals surface area contributed by atoms with Crippen molar-refractivity contribution in [1.29, 1.82) is 0 Å². The number of rotatable bonds is 18. The lowest BCUT2D eigenvalue weighted by Crippen LogP contribution is -2.11. The Balaban J connectivity index is 1.30. The van der Waals surface area contributed by atoms with Crippen molar-refractivity contribution >= 4 is 35.2 Å². The largest absolute Gasteiger partial charge is 0.494 e. The Bertz CT molecular complexity index is 1920. The van der Waals surface area contributed by atoms with E-state index in [1.807, 2.05) is 54.6 Å². The predicted octanol–water partition coefficient (Wildman–Crippen LogP) is 11.4. The molecule has 0 saturated heterocycles. The Labute approximate surface area is 305 Å². The van der Waals surface area contributed by atoms with Crippen molar-refractivity contribution < 1.29 is 28.5 Å². The highest BCUT2D eigenvalue weighted by molar-refractivity contribution is 5.94. The summed E-state index contributed by atoms with van der Waals surface area (Å²) in [5, 5.41) is 8.52. The summed E-state index contributed by atoms with van der Waals surface area (Å²) in [6.45, 7) is 5.52. The van der Waals surface area contributed by atoms with Crippen LogP contribution in [-0.2, 0) is 0 Å². The van der Waals surface area contributed by atoms with Crippen LogP contribution in [0.4, 0.5) is 17.1 Å². The fourth-order valence-corrected chi connectivity index (χ4v) is 4.92. The third kappa shape index (κ3) is 11.8. The minimum absolute atomic E-state index is 0.169. The molecule has 0 radical (unpaired) electrons. The van der Waals surface area contributed by atoms with Gasteiger partial charge in [-0.15, -0.1) is 0 Å². The summed E-state index contributed by atoms with van der Waals surface area (Å²) in [7, 11) is 0. The van der Waals surface area contributed by atoms with Gasteiger partial charge in [0.15, 0.2) is 0 Å². The Kier molecular flexibility index (Phi) is 14.2. The van der Waals surface area contributed by atoms with Crippen molar-refractivity contribution in [2.75, 3.05) is 13.2 Å². The molecule has 0 amide bonds. The summed E-state index contributed by atoms with van der Waals surface area (Å²) in [6, 6.07) is 35.1. The van der Waals surface area contributed by atoms with Gasteiger partial charge >= 0.3 is 11.9 Å². The van der Waals surface area contributed by atoms with Gasteiger partial charge in [0, 0.05) is 17.8 Å². The van der Waals surface area contributed by atoms with Crippen molar-refractivity contribution in [3.63, 3.8) is 0 Å². The molecular weight excluding hydrogens is 654 g/mol. The van der Waals surface area contributed by atoms with Crippen LogP contribution in [0.2, 0.25) is 0 Å². The number of hydrogen-bond donors (Lipinski definition) is 0. The number of benzene rings is 5. The average molecular weight is 698 g/mol. The van der Waals surface area contributed by atoms with E-state index >= 15 is 0 Å². The molecule has 0 fully saturated rings. The maximum absolute atomic E-state index is 13.3. The summed E-state index contributed by atoms with van der Waals surface area (Å²) in [5.41, 5.74) is 3.28. The quantitative estimate of drug-likeness (QED) is 0.0296. The van der Waals surface area contributed by atoms with Crippen LogP contribution < -0.4 is 18.9 Å². The first-order valence-corrected chi connectivity index (χ1v) is 17.7. The number of unbranched alkanes of at least 4 members (excludes halogenated alkanes) is 4. The van der Waals surface area contributed by atoms with Gasteiger partial charge in [-0.05, 0) is 110 Å². The van der Waals surface area contributed by atoms with E-state index in [1.54, 1.807) is 66.9 Å². The lowest BCUT2D eigenvalue weighted by Gasteiger charge is -2.11. The van der Waals surface area contributed by atoms with E-state index in [9.17, 15) is 9.59 Å². The van der Waals surface area contributed by atoms with Crippen molar-refractivity contribution in [3.8, 4) is 23.0 Å². The van der Waals surface area contributed by atoms with E-state index in [-0.39, 0.29) is 11.5 Å². The third-order valence-electron chi connectivity index (χ3n) is 7.85. The maximum atomic E-state index is 13.3. The molecule has 5 rings (SSSR count). The van der Waals surface area contributed by atoms with Crippen molar-refractivity contribution in [2.45, 2.75) is 52.4 Å². The van der Waals surface area contributed by atoms with Crippen LogP contribution in [0.25, 0.3) is 0 Å².